The second-order valence-corrected chi connectivity index (χ2v) is 7.38. The number of methoxy groups -OCH3 is 2. The van der Waals surface area contributed by atoms with E-state index in [2.05, 4.69) is 34.9 Å². The summed E-state index contributed by atoms with van der Waals surface area (Å²) in [6, 6.07) is 12.3. The average molecular weight is 369 g/mol. The molecule has 0 spiro atoms. The van der Waals surface area contributed by atoms with Crippen LogP contribution in [0.25, 0.3) is 10.2 Å². The highest BCUT2D eigenvalue weighted by molar-refractivity contribution is 7.22. The van der Waals surface area contributed by atoms with Crippen molar-refractivity contribution in [3.63, 3.8) is 0 Å². The van der Waals surface area contributed by atoms with Crippen LogP contribution in [0.5, 0.6) is 11.5 Å². The molecule has 2 aromatic carbocycles. The molecule has 1 saturated heterocycles. The topological polar surface area (TPSA) is 37.8 Å². The molecule has 1 aliphatic rings. The molecule has 0 N–H and O–H groups in total. The summed E-state index contributed by atoms with van der Waals surface area (Å²) in [7, 11) is 3.43. The Labute approximate surface area is 157 Å². The number of para-hydroxylation sites is 2. The van der Waals surface area contributed by atoms with Gasteiger partial charge in [-0.15, -0.1) is 0 Å². The van der Waals surface area contributed by atoms with E-state index in [1.807, 2.05) is 18.2 Å². The van der Waals surface area contributed by atoms with E-state index in [-0.39, 0.29) is 0 Å². The summed E-state index contributed by atoms with van der Waals surface area (Å²) in [6.45, 7) is 5.92. The molecule has 2 heterocycles. The summed E-state index contributed by atoms with van der Waals surface area (Å²) in [4.78, 5) is 9.63. The first-order chi connectivity index (χ1) is 12.7. The van der Waals surface area contributed by atoms with Gasteiger partial charge in [0.2, 0.25) is 0 Å². The summed E-state index contributed by atoms with van der Waals surface area (Å²) in [5.41, 5.74) is 3.38. The predicted molar refractivity (Wildman–Crippen MR) is 108 cm³/mol. The highest BCUT2D eigenvalue weighted by Gasteiger charge is 2.22. The number of aryl methyl sites for hydroxylation is 1. The lowest BCUT2D eigenvalue weighted by atomic mass is 10.2. The second-order valence-electron chi connectivity index (χ2n) is 6.40. The minimum Gasteiger partial charge on any atom is -0.495 e. The van der Waals surface area contributed by atoms with Gasteiger partial charge in [-0.05, 0) is 30.7 Å². The van der Waals surface area contributed by atoms with Crippen LogP contribution in [0.3, 0.4) is 0 Å². The first-order valence-electron chi connectivity index (χ1n) is 8.78. The third-order valence-corrected chi connectivity index (χ3v) is 6.14. The maximum atomic E-state index is 5.51. The molecular formula is C20H23N3O2S. The zero-order valence-electron chi connectivity index (χ0n) is 15.4. The van der Waals surface area contributed by atoms with Gasteiger partial charge < -0.3 is 19.3 Å². The van der Waals surface area contributed by atoms with Gasteiger partial charge >= 0.3 is 0 Å². The number of hydrogen-bond acceptors (Lipinski definition) is 6. The van der Waals surface area contributed by atoms with Crippen molar-refractivity contribution in [2.24, 2.45) is 0 Å². The summed E-state index contributed by atoms with van der Waals surface area (Å²) in [5.74, 6) is 1.78. The monoisotopic (exact) mass is 369 g/mol. The quantitative estimate of drug-likeness (QED) is 0.696. The first kappa shape index (κ1) is 17.0. The number of thiazole rings is 1. The molecule has 6 heteroatoms. The van der Waals surface area contributed by atoms with Crippen molar-refractivity contribution < 1.29 is 9.47 Å². The molecule has 0 atom stereocenters. The molecule has 0 radical (unpaired) electrons. The summed E-state index contributed by atoms with van der Waals surface area (Å²) in [5, 5.41) is 1.08. The molecule has 5 nitrogen and oxygen atoms in total. The van der Waals surface area contributed by atoms with Crippen molar-refractivity contribution in [1.82, 2.24) is 4.98 Å². The number of ether oxygens (including phenoxy) is 2. The Morgan fingerprint density at radius 1 is 0.885 bits per heavy atom. The van der Waals surface area contributed by atoms with E-state index in [1.54, 1.807) is 25.6 Å². The molecule has 0 amide bonds. The zero-order valence-corrected chi connectivity index (χ0v) is 16.2. The molecule has 0 saturated carbocycles. The van der Waals surface area contributed by atoms with Crippen LogP contribution in [0.4, 0.5) is 10.8 Å². The Kier molecular flexibility index (Phi) is 4.59. The van der Waals surface area contributed by atoms with E-state index < -0.39 is 0 Å². The molecule has 0 bridgehead atoms. The van der Waals surface area contributed by atoms with Gasteiger partial charge in [0.1, 0.15) is 17.0 Å². The minimum atomic E-state index is 0.848. The van der Waals surface area contributed by atoms with Crippen LogP contribution in [0.1, 0.15) is 5.56 Å². The van der Waals surface area contributed by atoms with Crippen LogP contribution >= 0.6 is 11.3 Å². The fourth-order valence-corrected chi connectivity index (χ4v) is 4.53. The highest BCUT2D eigenvalue weighted by Crippen LogP contribution is 2.37. The van der Waals surface area contributed by atoms with Crippen LogP contribution in [0.15, 0.2) is 36.4 Å². The number of benzene rings is 2. The fraction of sp³-hybridized carbons (Fsp3) is 0.350. The minimum absolute atomic E-state index is 0.848. The lowest BCUT2D eigenvalue weighted by Gasteiger charge is -2.36. The summed E-state index contributed by atoms with van der Waals surface area (Å²) in [6.07, 6.45) is 0. The molecule has 136 valence electrons. The van der Waals surface area contributed by atoms with Crippen molar-refractivity contribution in [2.75, 3.05) is 50.2 Å². The molecule has 1 fully saturated rings. The van der Waals surface area contributed by atoms with Gasteiger partial charge in [0, 0.05) is 26.2 Å². The molecule has 4 rings (SSSR count). The predicted octanol–water partition coefficient (Wildman–Crippen LogP) is 3.95. The number of nitrogens with zero attached hydrogens (tertiary/aromatic N) is 3. The van der Waals surface area contributed by atoms with Crippen molar-refractivity contribution in [3.8, 4) is 11.5 Å². The van der Waals surface area contributed by atoms with Crippen LogP contribution in [0, 0.1) is 6.92 Å². The van der Waals surface area contributed by atoms with Crippen LogP contribution in [0.2, 0.25) is 0 Å². The van der Waals surface area contributed by atoms with E-state index in [0.29, 0.717) is 0 Å². The molecule has 0 unspecified atom stereocenters. The number of hydrogen-bond donors (Lipinski definition) is 0. The largest absolute Gasteiger partial charge is 0.495 e. The zero-order chi connectivity index (χ0) is 18.1. The van der Waals surface area contributed by atoms with E-state index in [4.69, 9.17) is 14.5 Å². The summed E-state index contributed by atoms with van der Waals surface area (Å²) < 4.78 is 12.2. The lowest BCUT2D eigenvalue weighted by Crippen LogP contribution is -2.46. The fourth-order valence-electron chi connectivity index (χ4n) is 3.43. The molecule has 26 heavy (non-hydrogen) atoms. The van der Waals surface area contributed by atoms with Gasteiger partial charge in [-0.25, -0.2) is 4.98 Å². The maximum absolute atomic E-state index is 5.51. The Balaban J connectivity index is 1.55. The van der Waals surface area contributed by atoms with Crippen LogP contribution in [-0.4, -0.2) is 45.4 Å². The Bertz CT molecular complexity index is 917. The van der Waals surface area contributed by atoms with Gasteiger partial charge in [0.25, 0.3) is 0 Å². The second kappa shape index (κ2) is 7.03. The number of aromatic nitrogens is 1. The van der Waals surface area contributed by atoms with E-state index in [0.717, 1.165) is 54.0 Å². The van der Waals surface area contributed by atoms with E-state index >= 15 is 0 Å². The van der Waals surface area contributed by atoms with Crippen molar-refractivity contribution in [1.29, 1.82) is 0 Å². The smallest absolute Gasteiger partial charge is 0.186 e. The number of fused-ring (bicyclic) bond motifs is 1. The Morgan fingerprint density at radius 2 is 1.58 bits per heavy atom. The van der Waals surface area contributed by atoms with Gasteiger partial charge in [-0.3, -0.25) is 0 Å². The van der Waals surface area contributed by atoms with Gasteiger partial charge in [-0.2, -0.15) is 0 Å². The Morgan fingerprint density at radius 3 is 2.31 bits per heavy atom. The molecular weight excluding hydrogens is 346 g/mol. The van der Waals surface area contributed by atoms with Crippen LogP contribution in [-0.2, 0) is 0 Å². The molecule has 3 aromatic rings. The summed E-state index contributed by atoms with van der Waals surface area (Å²) >= 11 is 1.76. The van der Waals surface area contributed by atoms with Gasteiger partial charge in [0.05, 0.1) is 24.6 Å². The van der Waals surface area contributed by atoms with Gasteiger partial charge in [-0.1, -0.05) is 29.5 Å². The van der Waals surface area contributed by atoms with Crippen molar-refractivity contribution in [3.05, 3.63) is 42.0 Å². The highest BCUT2D eigenvalue weighted by atomic mass is 32.1. The third-order valence-electron chi connectivity index (χ3n) is 4.89. The van der Waals surface area contributed by atoms with Crippen molar-refractivity contribution >= 4 is 32.4 Å². The maximum Gasteiger partial charge on any atom is 0.186 e. The number of anilines is 2. The van der Waals surface area contributed by atoms with Gasteiger partial charge in [0.15, 0.2) is 5.13 Å². The normalized spacial score (nSPS) is 14.7. The number of piperazine rings is 1. The third kappa shape index (κ3) is 2.94. The average Bonchev–Trinajstić information content (AvgIpc) is 3.15. The first-order valence-corrected chi connectivity index (χ1v) is 9.60. The van der Waals surface area contributed by atoms with Crippen LogP contribution < -0.4 is 19.3 Å². The number of rotatable bonds is 4. The molecule has 1 aromatic heterocycles. The van der Waals surface area contributed by atoms with E-state index in [9.17, 15) is 0 Å². The SMILES string of the molecule is COc1ccccc1N1CCN(c2nc3c(OC)ccc(C)c3s2)CC1. The lowest BCUT2D eigenvalue weighted by molar-refractivity contribution is 0.413. The molecule has 1 aliphatic heterocycles. The standard InChI is InChI=1S/C20H23N3O2S/c1-14-8-9-17(25-3)18-19(14)26-20(21-18)23-12-10-22(11-13-23)15-6-4-5-7-16(15)24-2/h4-9H,10-13H2,1-3H3. The Hall–Kier alpha value is -2.47. The van der Waals surface area contributed by atoms with Crippen molar-refractivity contribution in [2.45, 2.75) is 6.92 Å². The van der Waals surface area contributed by atoms with E-state index in [1.165, 1.54) is 10.3 Å². The molecule has 0 aliphatic carbocycles.